The first-order valence-electron chi connectivity index (χ1n) is 8.64. The van der Waals surface area contributed by atoms with Crippen LogP contribution in [0.5, 0.6) is 0 Å². The van der Waals surface area contributed by atoms with Crippen molar-refractivity contribution < 1.29 is 22.8 Å². The van der Waals surface area contributed by atoms with E-state index in [1.165, 1.54) is 34.4 Å². The predicted octanol–water partition coefficient (Wildman–Crippen LogP) is 4.26. The van der Waals surface area contributed by atoms with Gasteiger partial charge in [-0.2, -0.15) is 18.3 Å². The maximum Gasteiger partial charge on any atom is 0.418 e. The average molecular weight is 422 g/mol. The predicted molar refractivity (Wildman–Crippen MR) is 104 cm³/mol. The number of carbonyl (C=O) groups excluding carboxylic acids is 2. The van der Waals surface area contributed by atoms with Gasteiger partial charge in [0.25, 0.3) is 5.91 Å². The van der Waals surface area contributed by atoms with Gasteiger partial charge in [-0.25, -0.2) is 0 Å². The monoisotopic (exact) mass is 422 g/mol. The van der Waals surface area contributed by atoms with Crippen LogP contribution >= 0.6 is 11.3 Å². The van der Waals surface area contributed by atoms with Crippen LogP contribution in [0.3, 0.4) is 0 Å². The molecule has 0 saturated heterocycles. The molecule has 0 atom stereocenters. The smallest absolute Gasteiger partial charge is 0.328 e. The highest BCUT2D eigenvalue weighted by Crippen LogP contribution is 2.34. The van der Waals surface area contributed by atoms with Crippen LogP contribution in [0.1, 0.15) is 23.0 Å². The average Bonchev–Trinajstić information content (AvgIpc) is 3.36. The zero-order chi connectivity index (χ0) is 21.0. The van der Waals surface area contributed by atoms with E-state index < -0.39 is 30.1 Å². The molecule has 29 heavy (non-hydrogen) atoms. The van der Waals surface area contributed by atoms with Crippen LogP contribution in [0.4, 0.5) is 18.9 Å². The second kappa shape index (κ2) is 8.48. The molecule has 2 amide bonds. The van der Waals surface area contributed by atoms with E-state index in [2.05, 4.69) is 15.5 Å². The summed E-state index contributed by atoms with van der Waals surface area (Å²) in [6.45, 7) is 1.46. The Kier molecular flexibility index (Phi) is 6.02. The van der Waals surface area contributed by atoms with E-state index in [4.69, 9.17) is 0 Å². The molecule has 0 aliphatic carbocycles. The van der Waals surface area contributed by atoms with Crippen molar-refractivity contribution in [2.45, 2.75) is 13.1 Å². The first-order chi connectivity index (χ1) is 13.8. The summed E-state index contributed by atoms with van der Waals surface area (Å²) in [7, 11) is 0. The molecule has 3 aromatic rings. The fourth-order valence-electron chi connectivity index (χ4n) is 2.68. The summed E-state index contributed by atoms with van der Waals surface area (Å²) in [6, 6.07) is 9.99. The maximum absolute atomic E-state index is 13.1. The SMILES string of the molecule is CCN(CC(=O)Nc1ccccc1C(F)(F)F)C(=O)c1cc(-c2cccs2)[nH]n1. The molecule has 0 fully saturated rings. The number of aromatic amines is 1. The van der Waals surface area contributed by atoms with Crippen molar-refractivity contribution >= 4 is 28.8 Å². The van der Waals surface area contributed by atoms with E-state index in [0.717, 1.165) is 10.9 Å². The third-order valence-corrected chi connectivity index (χ3v) is 5.00. The second-order valence-electron chi connectivity index (χ2n) is 6.06. The molecule has 0 saturated carbocycles. The van der Waals surface area contributed by atoms with E-state index in [1.54, 1.807) is 13.0 Å². The van der Waals surface area contributed by atoms with Gasteiger partial charge in [-0.3, -0.25) is 14.7 Å². The zero-order valence-corrected chi connectivity index (χ0v) is 16.1. The van der Waals surface area contributed by atoms with Gasteiger partial charge in [-0.15, -0.1) is 11.3 Å². The van der Waals surface area contributed by atoms with Gasteiger partial charge in [0.2, 0.25) is 5.91 Å². The number of hydrogen-bond acceptors (Lipinski definition) is 4. The quantitative estimate of drug-likeness (QED) is 0.623. The van der Waals surface area contributed by atoms with Gasteiger partial charge in [0.1, 0.15) is 6.54 Å². The van der Waals surface area contributed by atoms with Crippen molar-refractivity contribution in [2.24, 2.45) is 0 Å². The van der Waals surface area contributed by atoms with Crippen molar-refractivity contribution in [1.82, 2.24) is 15.1 Å². The molecule has 2 heterocycles. The van der Waals surface area contributed by atoms with Gasteiger partial charge >= 0.3 is 6.18 Å². The molecule has 3 rings (SSSR count). The number of alkyl halides is 3. The minimum absolute atomic E-state index is 0.124. The van der Waals surface area contributed by atoms with Crippen LogP contribution in [0.25, 0.3) is 10.6 Å². The summed E-state index contributed by atoms with van der Waals surface area (Å²) in [4.78, 5) is 27.1. The molecule has 6 nitrogen and oxygen atoms in total. The standard InChI is InChI=1S/C19H17F3N4O2S/c1-2-26(18(28)15-10-14(24-25-15)16-8-5-9-29-16)11-17(27)23-13-7-4-3-6-12(13)19(20,21)22/h3-10H,2,11H2,1H3,(H,23,27)(H,24,25). The number of likely N-dealkylation sites (N-methyl/N-ethyl adjacent to an activating group) is 1. The number of hydrogen-bond donors (Lipinski definition) is 2. The first-order valence-corrected chi connectivity index (χ1v) is 9.52. The van der Waals surface area contributed by atoms with Gasteiger partial charge in [-0.1, -0.05) is 18.2 Å². The Bertz CT molecular complexity index is 999. The molecule has 0 aliphatic rings. The second-order valence-corrected chi connectivity index (χ2v) is 7.00. The zero-order valence-electron chi connectivity index (χ0n) is 15.3. The number of nitrogens with one attached hydrogen (secondary N) is 2. The van der Waals surface area contributed by atoms with Crippen LogP contribution in [0.2, 0.25) is 0 Å². The molecule has 0 bridgehead atoms. The lowest BCUT2D eigenvalue weighted by molar-refractivity contribution is -0.137. The molecule has 0 radical (unpaired) electrons. The Morgan fingerprint density at radius 2 is 1.97 bits per heavy atom. The number of aromatic nitrogens is 2. The molecular weight excluding hydrogens is 405 g/mol. The van der Waals surface area contributed by atoms with E-state index in [9.17, 15) is 22.8 Å². The molecule has 0 spiro atoms. The third kappa shape index (κ3) is 4.83. The van der Waals surface area contributed by atoms with Crippen LogP contribution in [-0.2, 0) is 11.0 Å². The Labute approximate surface area is 168 Å². The highest BCUT2D eigenvalue weighted by atomic mass is 32.1. The lowest BCUT2D eigenvalue weighted by atomic mass is 10.1. The van der Waals surface area contributed by atoms with Crippen molar-refractivity contribution in [3.8, 4) is 10.6 Å². The summed E-state index contributed by atoms with van der Waals surface area (Å²) in [5.41, 5.74) is -0.509. The minimum atomic E-state index is -4.60. The van der Waals surface area contributed by atoms with Crippen molar-refractivity contribution in [1.29, 1.82) is 0 Å². The fourth-order valence-corrected chi connectivity index (χ4v) is 3.37. The summed E-state index contributed by atoms with van der Waals surface area (Å²) in [5.74, 6) is -1.23. The highest BCUT2D eigenvalue weighted by molar-refractivity contribution is 7.13. The molecule has 1 aromatic carbocycles. The minimum Gasteiger partial charge on any atom is -0.328 e. The Morgan fingerprint density at radius 1 is 1.21 bits per heavy atom. The number of carbonyl (C=O) groups is 2. The third-order valence-electron chi connectivity index (χ3n) is 4.09. The molecule has 0 aliphatic heterocycles. The topological polar surface area (TPSA) is 78.1 Å². The van der Waals surface area contributed by atoms with Crippen LogP contribution in [0.15, 0.2) is 47.8 Å². The first kappa shape index (κ1) is 20.6. The van der Waals surface area contributed by atoms with E-state index in [-0.39, 0.29) is 17.9 Å². The van der Waals surface area contributed by atoms with Gasteiger partial charge in [0.15, 0.2) is 5.69 Å². The van der Waals surface area contributed by atoms with Crippen molar-refractivity contribution in [2.75, 3.05) is 18.4 Å². The summed E-state index contributed by atoms with van der Waals surface area (Å²) in [5, 5.41) is 10.9. The van der Waals surface area contributed by atoms with Gasteiger partial charge in [-0.05, 0) is 36.6 Å². The molecule has 2 aromatic heterocycles. The number of benzene rings is 1. The van der Waals surface area contributed by atoms with Crippen molar-refractivity contribution in [3.05, 3.63) is 59.1 Å². The van der Waals surface area contributed by atoms with E-state index >= 15 is 0 Å². The molecule has 152 valence electrons. The number of thiophene rings is 1. The number of para-hydroxylation sites is 1. The van der Waals surface area contributed by atoms with Crippen LogP contribution in [-0.4, -0.2) is 40.0 Å². The lowest BCUT2D eigenvalue weighted by Gasteiger charge is -2.20. The molecule has 2 N–H and O–H groups in total. The number of rotatable bonds is 6. The number of halogens is 3. The lowest BCUT2D eigenvalue weighted by Crippen LogP contribution is -2.38. The van der Waals surface area contributed by atoms with Crippen molar-refractivity contribution in [3.63, 3.8) is 0 Å². The maximum atomic E-state index is 13.1. The van der Waals surface area contributed by atoms with Crippen LogP contribution < -0.4 is 5.32 Å². The van der Waals surface area contributed by atoms with E-state index in [0.29, 0.717) is 5.69 Å². The van der Waals surface area contributed by atoms with Gasteiger partial charge in [0, 0.05) is 6.54 Å². The number of anilines is 1. The molecular formula is C19H17F3N4O2S. The molecule has 10 heteroatoms. The Balaban J connectivity index is 1.70. The largest absolute Gasteiger partial charge is 0.418 e. The Morgan fingerprint density at radius 3 is 2.62 bits per heavy atom. The fraction of sp³-hybridized carbons (Fsp3) is 0.211. The number of H-pyrrole nitrogens is 1. The van der Waals surface area contributed by atoms with Crippen LogP contribution in [0, 0.1) is 0 Å². The number of amides is 2. The summed E-state index contributed by atoms with van der Waals surface area (Å²) in [6.07, 6.45) is -4.60. The normalized spacial score (nSPS) is 11.3. The molecule has 0 unspecified atom stereocenters. The van der Waals surface area contributed by atoms with Gasteiger partial charge < -0.3 is 10.2 Å². The van der Waals surface area contributed by atoms with Gasteiger partial charge in [0.05, 0.1) is 21.8 Å². The Hall–Kier alpha value is -3.14. The summed E-state index contributed by atoms with van der Waals surface area (Å²) >= 11 is 1.48. The summed E-state index contributed by atoms with van der Waals surface area (Å²) < 4.78 is 39.2. The van der Waals surface area contributed by atoms with E-state index in [1.807, 2.05) is 17.5 Å². The highest BCUT2D eigenvalue weighted by Gasteiger charge is 2.33. The number of nitrogens with zero attached hydrogens (tertiary/aromatic N) is 2.